The lowest BCUT2D eigenvalue weighted by Gasteiger charge is -2.26. The largest absolute Gasteiger partial charge is 0.508 e. The van der Waals surface area contributed by atoms with Crippen LogP contribution in [0.15, 0.2) is 107 Å². The van der Waals surface area contributed by atoms with E-state index in [1.54, 1.807) is 48.5 Å². The van der Waals surface area contributed by atoms with E-state index in [2.05, 4.69) is 48.5 Å². The van der Waals surface area contributed by atoms with Gasteiger partial charge in [0.15, 0.2) is 0 Å². The average Bonchev–Trinajstić information content (AvgIpc) is 3.05. The third kappa shape index (κ3) is 10.2. The van der Waals surface area contributed by atoms with Crippen LogP contribution in [0.4, 0.5) is 0 Å². The Bertz CT molecular complexity index is 1550. The van der Waals surface area contributed by atoms with Gasteiger partial charge in [-0.25, -0.2) is 8.42 Å². The number of hydrogen-bond acceptors (Lipinski definition) is 4. The Labute approximate surface area is 278 Å². The molecule has 0 aromatic heterocycles. The molecule has 0 aliphatic carbocycles. The van der Waals surface area contributed by atoms with Crippen molar-refractivity contribution in [3.05, 3.63) is 114 Å². The third-order valence-electron chi connectivity index (χ3n) is 8.85. The average molecular weight is 643 g/mol. The van der Waals surface area contributed by atoms with Gasteiger partial charge in [-0.2, -0.15) is 0 Å². The molecule has 4 rings (SSSR count). The molecular formula is C41H54O4S. The molecule has 0 fully saturated rings. The first-order chi connectivity index (χ1) is 21.9. The van der Waals surface area contributed by atoms with Crippen molar-refractivity contribution in [1.29, 1.82) is 0 Å². The van der Waals surface area contributed by atoms with E-state index in [0.717, 1.165) is 36.3 Å². The first-order valence-electron chi connectivity index (χ1n) is 16.9. The zero-order valence-corrected chi connectivity index (χ0v) is 29.7. The van der Waals surface area contributed by atoms with Crippen molar-refractivity contribution >= 4 is 9.84 Å². The summed E-state index contributed by atoms with van der Waals surface area (Å²) in [6.45, 7) is 15.5. The summed E-state index contributed by atoms with van der Waals surface area (Å²) in [5.74, 6) is 2.85. The molecule has 4 aromatic rings. The summed E-state index contributed by atoms with van der Waals surface area (Å²) in [5, 5.41) is 9.59. The molecule has 4 nitrogen and oxygen atoms in total. The predicted octanol–water partition coefficient (Wildman–Crippen LogP) is 11.9. The van der Waals surface area contributed by atoms with E-state index in [0.29, 0.717) is 22.3 Å². The Kier molecular flexibility index (Phi) is 13.9. The first-order valence-corrected chi connectivity index (χ1v) is 18.4. The summed E-state index contributed by atoms with van der Waals surface area (Å²) in [6, 6.07) is 28.9. The van der Waals surface area contributed by atoms with E-state index >= 15 is 0 Å². The monoisotopic (exact) mass is 642 g/mol. The fraction of sp³-hybridized carbons (Fsp3) is 0.415. The maximum absolute atomic E-state index is 13.2. The number of ether oxygens (including phenoxy) is 1. The lowest BCUT2D eigenvalue weighted by atomic mass is 9.78. The van der Waals surface area contributed by atoms with Crippen LogP contribution in [-0.2, 0) is 15.3 Å². The Hall–Kier alpha value is -3.57. The molecule has 0 heterocycles. The van der Waals surface area contributed by atoms with Crippen LogP contribution < -0.4 is 4.74 Å². The summed E-state index contributed by atoms with van der Waals surface area (Å²) in [5.41, 5.74) is 3.14. The predicted molar refractivity (Wildman–Crippen MR) is 192 cm³/mol. The van der Waals surface area contributed by atoms with Crippen molar-refractivity contribution < 1.29 is 18.3 Å². The standard InChI is InChI=1S/C33H36O4S.C8H18/c1-5-6-7-24(2)25-8-20-31(21-9-25)38(35,36)32-22-18-30(19-23-32)37-29-16-12-27(13-17-29)33(3,4)26-10-14-28(34)15-11-26;1-4-6-8(3)7-5-2/h8-24,34H,5-7H2,1-4H3;8H,4-7H2,1-3H3. The van der Waals surface area contributed by atoms with Crippen LogP contribution in [0.1, 0.15) is 116 Å². The van der Waals surface area contributed by atoms with Crippen LogP contribution in [0.25, 0.3) is 0 Å². The van der Waals surface area contributed by atoms with Gasteiger partial charge in [-0.1, -0.05) is 123 Å². The van der Waals surface area contributed by atoms with Gasteiger partial charge in [0.05, 0.1) is 9.79 Å². The van der Waals surface area contributed by atoms with Crippen LogP contribution in [0.2, 0.25) is 0 Å². The van der Waals surface area contributed by atoms with Crippen molar-refractivity contribution in [1.82, 2.24) is 0 Å². The third-order valence-corrected chi connectivity index (χ3v) is 10.6. The minimum absolute atomic E-state index is 0.239. The zero-order chi connectivity index (χ0) is 33.7. The fourth-order valence-electron chi connectivity index (χ4n) is 5.73. The van der Waals surface area contributed by atoms with Gasteiger partial charge < -0.3 is 9.84 Å². The van der Waals surface area contributed by atoms with Crippen LogP contribution >= 0.6 is 0 Å². The lowest BCUT2D eigenvalue weighted by Crippen LogP contribution is -2.18. The second kappa shape index (κ2) is 17.4. The van der Waals surface area contributed by atoms with Gasteiger partial charge in [0.2, 0.25) is 9.84 Å². The molecule has 4 aromatic carbocycles. The molecule has 0 amide bonds. The molecule has 0 spiro atoms. The Morgan fingerprint density at radius 2 is 1.07 bits per heavy atom. The van der Waals surface area contributed by atoms with Gasteiger partial charge in [-0.15, -0.1) is 0 Å². The molecule has 0 bridgehead atoms. The SMILES string of the molecule is CCCC(C)CCC.CCCCC(C)c1ccc(S(=O)(=O)c2ccc(Oc3ccc(C(C)(C)c4ccc(O)cc4)cc3)cc2)cc1. The number of phenols is 1. The Morgan fingerprint density at radius 1 is 0.630 bits per heavy atom. The molecule has 0 aliphatic heterocycles. The van der Waals surface area contributed by atoms with Gasteiger partial charge in [0.1, 0.15) is 17.2 Å². The van der Waals surface area contributed by atoms with E-state index in [9.17, 15) is 13.5 Å². The quantitative estimate of drug-likeness (QED) is 0.149. The van der Waals surface area contributed by atoms with Gasteiger partial charge in [0, 0.05) is 5.41 Å². The van der Waals surface area contributed by atoms with Crippen molar-refractivity contribution in [2.75, 3.05) is 0 Å². The van der Waals surface area contributed by atoms with Crippen LogP contribution in [-0.4, -0.2) is 13.5 Å². The normalized spacial score (nSPS) is 12.3. The maximum Gasteiger partial charge on any atom is 0.206 e. The lowest BCUT2D eigenvalue weighted by molar-refractivity contribution is 0.474. The Morgan fingerprint density at radius 3 is 1.52 bits per heavy atom. The minimum Gasteiger partial charge on any atom is -0.508 e. The molecule has 0 aliphatic rings. The number of rotatable bonds is 14. The van der Waals surface area contributed by atoms with E-state index in [1.807, 2.05) is 48.5 Å². The molecule has 1 unspecified atom stereocenters. The van der Waals surface area contributed by atoms with Crippen LogP contribution in [0.5, 0.6) is 17.2 Å². The topological polar surface area (TPSA) is 63.6 Å². The molecule has 1 N–H and O–H groups in total. The Balaban J connectivity index is 0.000000637. The van der Waals surface area contributed by atoms with Crippen molar-refractivity contribution in [3.63, 3.8) is 0 Å². The highest BCUT2D eigenvalue weighted by Crippen LogP contribution is 2.34. The van der Waals surface area contributed by atoms with Crippen LogP contribution in [0.3, 0.4) is 0 Å². The second-order valence-electron chi connectivity index (χ2n) is 13.1. The first kappa shape index (κ1) is 36.9. The fourth-order valence-corrected chi connectivity index (χ4v) is 6.99. The summed E-state index contributed by atoms with van der Waals surface area (Å²) in [4.78, 5) is 0.534. The maximum atomic E-state index is 13.2. The number of benzene rings is 4. The van der Waals surface area contributed by atoms with Crippen molar-refractivity contribution in [3.8, 4) is 17.2 Å². The second-order valence-corrected chi connectivity index (χ2v) is 15.0. The highest BCUT2D eigenvalue weighted by molar-refractivity contribution is 7.91. The molecule has 1 atom stereocenters. The van der Waals surface area contributed by atoms with Gasteiger partial charge in [-0.3, -0.25) is 0 Å². The van der Waals surface area contributed by atoms with Gasteiger partial charge in [0.25, 0.3) is 0 Å². The molecule has 0 saturated heterocycles. The summed E-state index contributed by atoms with van der Waals surface area (Å²) in [7, 11) is -3.61. The van der Waals surface area contributed by atoms with Crippen LogP contribution in [0, 0.1) is 5.92 Å². The molecule has 0 saturated carbocycles. The molecule has 248 valence electrons. The number of aromatic hydroxyl groups is 1. The van der Waals surface area contributed by atoms with E-state index in [1.165, 1.54) is 31.2 Å². The van der Waals surface area contributed by atoms with E-state index in [4.69, 9.17) is 4.74 Å². The smallest absolute Gasteiger partial charge is 0.206 e. The zero-order valence-electron chi connectivity index (χ0n) is 28.9. The van der Waals surface area contributed by atoms with Gasteiger partial charge in [-0.05, 0) is 95.6 Å². The summed E-state index contributed by atoms with van der Waals surface area (Å²) < 4.78 is 32.3. The van der Waals surface area contributed by atoms with Crippen molar-refractivity contribution in [2.24, 2.45) is 5.92 Å². The van der Waals surface area contributed by atoms with E-state index < -0.39 is 9.84 Å². The summed E-state index contributed by atoms with van der Waals surface area (Å²) in [6.07, 6.45) is 8.94. The number of unbranched alkanes of at least 4 members (excludes halogenated alkanes) is 1. The molecule has 0 radical (unpaired) electrons. The minimum atomic E-state index is -3.61. The van der Waals surface area contributed by atoms with Gasteiger partial charge >= 0.3 is 0 Å². The molecule has 46 heavy (non-hydrogen) atoms. The highest BCUT2D eigenvalue weighted by Gasteiger charge is 2.23. The number of phenolic OH excluding ortho intramolecular Hbond substituents is 1. The number of hydrogen-bond donors (Lipinski definition) is 1. The van der Waals surface area contributed by atoms with Crippen molar-refractivity contribution in [2.45, 2.75) is 115 Å². The van der Waals surface area contributed by atoms with E-state index in [-0.39, 0.29) is 16.1 Å². The molecular weight excluding hydrogens is 589 g/mol. The number of sulfone groups is 1. The molecule has 5 heteroatoms. The summed E-state index contributed by atoms with van der Waals surface area (Å²) >= 11 is 0. The highest BCUT2D eigenvalue weighted by atomic mass is 32.2.